The van der Waals surface area contributed by atoms with Crippen LogP contribution in [-0.4, -0.2) is 114 Å². The second-order valence-electron chi connectivity index (χ2n) is 10.3. The van der Waals surface area contributed by atoms with Crippen molar-refractivity contribution in [2.75, 3.05) is 18.9 Å². The molecule has 2 aromatic rings. The summed E-state index contributed by atoms with van der Waals surface area (Å²) in [4.78, 5) is 50.9. The predicted octanol–water partition coefficient (Wildman–Crippen LogP) is -1.42. The van der Waals surface area contributed by atoms with Gasteiger partial charge in [-0.15, -0.1) is 0 Å². The van der Waals surface area contributed by atoms with E-state index >= 15 is 0 Å². The molecule has 7 rings (SSSR count). The van der Waals surface area contributed by atoms with Crippen LogP contribution < -0.4 is 11.1 Å². The Labute approximate surface area is 246 Å². The molecule has 23 heteroatoms. The molecule has 0 radical (unpaired) electrons. The number of ether oxygens (including phenoxy) is 2. The number of phosphoric acid groups is 2. The lowest BCUT2D eigenvalue weighted by Gasteiger charge is -2.31. The molecule has 5 aliphatic rings. The normalized spacial score (nSPS) is 41.0. The fourth-order valence-corrected chi connectivity index (χ4v) is 7.45. The van der Waals surface area contributed by atoms with Gasteiger partial charge in [-0.2, -0.15) is 4.99 Å². The molecule has 0 aromatic carbocycles. The van der Waals surface area contributed by atoms with Gasteiger partial charge in [0.05, 0.1) is 31.0 Å². The van der Waals surface area contributed by atoms with Crippen LogP contribution in [0.25, 0.3) is 11.0 Å². The number of carbonyl (C=O) groups excluding carboxylic acids is 1. The zero-order chi connectivity index (χ0) is 31.0. The molecule has 44 heavy (non-hydrogen) atoms. The summed E-state index contributed by atoms with van der Waals surface area (Å²) in [5, 5.41) is 21.6. The maximum atomic E-state index is 13.2. The Kier molecular flexibility index (Phi) is 7.18. The molecule has 2 bridgehead atoms. The van der Waals surface area contributed by atoms with E-state index in [0.717, 1.165) is 0 Å². The number of aromatic nitrogens is 3. The summed E-state index contributed by atoms with van der Waals surface area (Å²) in [6.07, 6.45) is -5.51. The molecule has 21 nitrogen and oxygen atoms in total. The van der Waals surface area contributed by atoms with Crippen LogP contribution in [0.5, 0.6) is 0 Å². The molecule has 0 aliphatic carbocycles. The third-order valence-electron chi connectivity index (χ3n) is 7.46. The first-order chi connectivity index (χ1) is 20.9. The van der Waals surface area contributed by atoms with Gasteiger partial charge in [0.1, 0.15) is 42.2 Å². The molecule has 5 aliphatic heterocycles. The number of guanidine groups is 1. The van der Waals surface area contributed by atoms with Crippen molar-refractivity contribution in [3.8, 4) is 0 Å². The maximum Gasteiger partial charge on any atom is 0.472 e. The van der Waals surface area contributed by atoms with E-state index in [1.165, 1.54) is 28.3 Å². The number of carbonyl (C=O) groups is 1. The minimum atomic E-state index is -4.92. The van der Waals surface area contributed by atoms with Gasteiger partial charge in [-0.05, 0) is 6.07 Å². The maximum absolute atomic E-state index is 13.2. The average Bonchev–Trinajstić information content (AvgIpc) is 3.72. The molecule has 7 N–H and O–H groups in total. The second-order valence-corrected chi connectivity index (χ2v) is 13.1. The first-order valence-corrected chi connectivity index (χ1v) is 16.1. The van der Waals surface area contributed by atoms with E-state index in [4.69, 9.17) is 38.7 Å². The molecule has 0 saturated carbocycles. The van der Waals surface area contributed by atoms with E-state index in [1.54, 1.807) is 6.07 Å². The Morgan fingerprint density at radius 2 is 1.84 bits per heavy atom. The monoisotopic (exact) mass is 657 g/mol. The van der Waals surface area contributed by atoms with E-state index in [9.17, 15) is 28.8 Å². The number of aliphatic hydroxyl groups is 1. The predicted molar refractivity (Wildman–Crippen MR) is 144 cm³/mol. The number of anilines is 1. The highest BCUT2D eigenvalue weighted by Gasteiger charge is 2.53. The average molecular weight is 657 g/mol. The summed E-state index contributed by atoms with van der Waals surface area (Å²) in [7, 11) is -9.83. The number of nitrogen functional groups attached to an aromatic ring is 1. The number of amidine groups is 1. The van der Waals surface area contributed by atoms with Gasteiger partial charge in [0.15, 0.2) is 24.3 Å². The van der Waals surface area contributed by atoms with Crippen LogP contribution in [0.4, 0.5) is 5.82 Å². The molecule has 1 amide bonds. The Balaban J connectivity index is 1.15. The molecule has 2 aromatic heterocycles. The van der Waals surface area contributed by atoms with Crippen molar-refractivity contribution in [3.05, 3.63) is 18.6 Å². The largest absolute Gasteiger partial charge is 0.472 e. The molecular weight excluding hydrogens is 632 g/mol. The van der Waals surface area contributed by atoms with Crippen LogP contribution in [0.3, 0.4) is 0 Å². The number of rotatable bonds is 2. The quantitative estimate of drug-likeness (QED) is 0.202. The fraction of sp³-hybridized carbons (Fsp3) is 0.524. The number of aliphatic imine (C=N–C) groups is 2. The van der Waals surface area contributed by atoms with Crippen LogP contribution in [0.15, 0.2) is 28.6 Å². The molecule has 10 atom stereocenters. The number of hydrogen-bond acceptors (Lipinski definition) is 16. The van der Waals surface area contributed by atoms with Gasteiger partial charge in [-0.25, -0.2) is 19.1 Å². The number of nitrogens with one attached hydrogen (secondary N) is 2. The number of hydrogen-bond donors (Lipinski definition) is 6. The SMILES string of the molecule is N=C1N=C2C(N=CN2[C@@H]2O[C@@H]3COP(=O)(O)O[C@H]4[C@@H](O)[C@H](n5ccc6c(N)ncnc65)O[C@@H]4COP(=O)(O)O[C@@H]2C3)C(=O)N1. The van der Waals surface area contributed by atoms with Gasteiger partial charge >= 0.3 is 15.6 Å². The molecule has 3 unspecified atom stereocenters. The number of aliphatic hydroxyl groups excluding tert-OH is 1. The third kappa shape index (κ3) is 5.25. The first-order valence-electron chi connectivity index (χ1n) is 13.1. The van der Waals surface area contributed by atoms with Crippen molar-refractivity contribution in [2.24, 2.45) is 9.98 Å². The summed E-state index contributed by atoms with van der Waals surface area (Å²) < 4.78 is 60.6. The molecule has 0 spiro atoms. The third-order valence-corrected chi connectivity index (χ3v) is 9.46. The lowest BCUT2D eigenvalue weighted by molar-refractivity contribution is -0.119. The topological polar surface area (TPSA) is 288 Å². The number of phosphoric ester groups is 2. The van der Waals surface area contributed by atoms with Gasteiger partial charge in [-0.3, -0.25) is 43.5 Å². The molecule has 3 saturated heterocycles. The number of nitrogens with two attached hydrogens (primary N) is 1. The Bertz CT molecular complexity index is 1690. The minimum absolute atomic E-state index is 0.0108. The van der Waals surface area contributed by atoms with Gasteiger partial charge in [-0.1, -0.05) is 0 Å². The zero-order valence-corrected chi connectivity index (χ0v) is 24.0. The summed E-state index contributed by atoms with van der Waals surface area (Å²) >= 11 is 0. The van der Waals surface area contributed by atoms with Crippen LogP contribution in [0.2, 0.25) is 0 Å². The molecule has 236 valence electrons. The van der Waals surface area contributed by atoms with Crippen molar-refractivity contribution in [1.29, 1.82) is 5.41 Å². The van der Waals surface area contributed by atoms with E-state index < -0.39 is 89.7 Å². The Hall–Kier alpha value is -3.20. The van der Waals surface area contributed by atoms with E-state index in [-0.39, 0.29) is 23.7 Å². The fourth-order valence-electron chi connectivity index (χ4n) is 5.54. The van der Waals surface area contributed by atoms with Crippen LogP contribution >= 0.6 is 15.6 Å². The van der Waals surface area contributed by atoms with E-state index in [0.29, 0.717) is 5.39 Å². The van der Waals surface area contributed by atoms with E-state index in [2.05, 4.69) is 25.3 Å². The summed E-state index contributed by atoms with van der Waals surface area (Å²) in [6, 6.07) is 0.490. The lowest BCUT2D eigenvalue weighted by atomic mass is 10.1. The summed E-state index contributed by atoms with van der Waals surface area (Å²) in [5.74, 6) is -0.880. The van der Waals surface area contributed by atoms with Gasteiger partial charge in [0, 0.05) is 12.6 Å². The first kappa shape index (κ1) is 29.5. The Morgan fingerprint density at radius 3 is 2.66 bits per heavy atom. The summed E-state index contributed by atoms with van der Waals surface area (Å²) in [5.41, 5.74) is 6.18. The standard InChI is InChI=1S/C21H25N9O12P2/c22-15-9-1-2-29(16(9)25-6-24-15)20-13(31)14-11(40-20)5-38-43(33,34)41-10-3-8(4-37-44(35,36)42-14)39-19(10)30-7-26-12-17(30)27-21(23)28-18(12)32/h1-2,6-8,10-14,19-20,31H,3-5H2,(H,33,34)(H,35,36)(H2,22,24,25)(H2,23,28,32)/t8-,10+,11+,12?,13+,14+,19+,20+/m0/s1. The number of fused-ring (bicyclic) bond motifs is 5. The summed E-state index contributed by atoms with van der Waals surface area (Å²) in [6.45, 7) is -1.28. The van der Waals surface area contributed by atoms with Gasteiger partial charge in [0.2, 0.25) is 5.96 Å². The van der Waals surface area contributed by atoms with E-state index in [1.807, 2.05) is 0 Å². The highest BCUT2D eigenvalue weighted by molar-refractivity contribution is 7.47. The number of amides is 1. The van der Waals surface area contributed by atoms with Gasteiger partial charge in [0.25, 0.3) is 5.91 Å². The van der Waals surface area contributed by atoms with Gasteiger partial charge < -0.3 is 34.7 Å². The minimum Gasteiger partial charge on any atom is -0.386 e. The highest BCUT2D eigenvalue weighted by Crippen LogP contribution is 2.53. The van der Waals surface area contributed by atoms with Crippen LogP contribution in [-0.2, 0) is 41.5 Å². The molecular formula is C21H25N9O12P2. The Morgan fingerprint density at radius 1 is 1.07 bits per heavy atom. The van der Waals surface area contributed by atoms with Crippen LogP contribution in [0.1, 0.15) is 12.6 Å². The van der Waals surface area contributed by atoms with Crippen molar-refractivity contribution in [1.82, 2.24) is 24.8 Å². The van der Waals surface area contributed by atoms with Crippen LogP contribution in [0, 0.1) is 5.41 Å². The molecule has 3 fully saturated rings. The zero-order valence-electron chi connectivity index (χ0n) is 22.2. The van der Waals surface area contributed by atoms with Crippen molar-refractivity contribution >= 4 is 56.5 Å². The van der Waals surface area contributed by atoms with Crippen molar-refractivity contribution in [3.63, 3.8) is 0 Å². The van der Waals surface area contributed by atoms with Crippen molar-refractivity contribution in [2.45, 2.75) is 55.4 Å². The number of nitrogens with zero attached hydrogens (tertiary/aromatic N) is 6. The molecule has 7 heterocycles. The van der Waals surface area contributed by atoms with Crippen molar-refractivity contribution < 1.29 is 56.4 Å². The second kappa shape index (κ2) is 10.7. The highest BCUT2D eigenvalue weighted by atomic mass is 31.2. The smallest absolute Gasteiger partial charge is 0.386 e. The lowest BCUT2D eigenvalue weighted by Crippen LogP contribution is -2.52.